The normalized spacial score (nSPS) is 35.1. The Bertz CT molecular complexity index is 809. The average Bonchev–Trinajstić information content (AvgIpc) is 3.03. The molecule has 3 aliphatic rings. The van der Waals surface area contributed by atoms with Crippen molar-refractivity contribution in [3.63, 3.8) is 0 Å². The fourth-order valence-corrected chi connectivity index (χ4v) is 7.66. The summed E-state index contributed by atoms with van der Waals surface area (Å²) in [6.07, 6.45) is 5.89. The number of fused-ring (bicyclic) bond motifs is 1. The third-order valence-electron chi connectivity index (χ3n) is 6.39. The average molecular weight is 376 g/mol. The summed E-state index contributed by atoms with van der Waals surface area (Å²) in [5, 5.41) is 0. The first-order valence-electron chi connectivity index (χ1n) is 9.44. The maximum atomic E-state index is 13.3. The van der Waals surface area contributed by atoms with E-state index in [1.165, 1.54) is 6.42 Å². The smallest absolute Gasteiger partial charge is 0.207 e. The number of piperidine rings is 1. The lowest BCUT2D eigenvalue weighted by Crippen LogP contribution is -2.41. The van der Waals surface area contributed by atoms with Gasteiger partial charge in [0.2, 0.25) is 10.0 Å². The second kappa shape index (κ2) is 5.54. The molecule has 1 heterocycles. The molecule has 5 heteroatoms. The van der Waals surface area contributed by atoms with Crippen LogP contribution in [0.1, 0.15) is 24.8 Å². The van der Waals surface area contributed by atoms with E-state index in [1.807, 2.05) is 23.4 Å². The van der Waals surface area contributed by atoms with Gasteiger partial charge in [0.25, 0.3) is 0 Å². The highest BCUT2D eigenvalue weighted by Gasteiger charge is 2.73. The van der Waals surface area contributed by atoms with E-state index >= 15 is 0 Å². The molecular weight excluding hydrogens is 346 g/mol. The molecule has 1 unspecified atom stereocenters. The van der Waals surface area contributed by atoms with Crippen LogP contribution in [0.2, 0.25) is 19.6 Å². The Morgan fingerprint density at radius 3 is 2.48 bits per heavy atom. The lowest BCUT2D eigenvalue weighted by atomic mass is 9.95. The summed E-state index contributed by atoms with van der Waals surface area (Å²) in [4.78, 5) is 0.450. The molecule has 1 saturated heterocycles. The second-order valence-electron chi connectivity index (χ2n) is 9.31. The molecule has 2 saturated carbocycles. The number of hydrogen-bond donors (Lipinski definition) is 0. The molecule has 1 aliphatic heterocycles. The van der Waals surface area contributed by atoms with Gasteiger partial charge < -0.3 is 0 Å². The number of sulfonamides is 1. The molecule has 4 rings (SSSR count). The Kier molecular flexibility index (Phi) is 3.88. The fourth-order valence-electron chi connectivity index (χ4n) is 5.11. The molecular formula is C20H29NO2SSi. The van der Waals surface area contributed by atoms with E-state index in [0.717, 1.165) is 18.4 Å². The number of benzene rings is 1. The van der Waals surface area contributed by atoms with Crippen molar-refractivity contribution in [1.82, 2.24) is 4.31 Å². The van der Waals surface area contributed by atoms with Crippen molar-refractivity contribution in [2.45, 2.75) is 56.8 Å². The SMILES string of the molecule is Cc1ccc(S(=O)(=O)N2C[C@@]3(/C=C\[Si](C)(C)C)C4[C@H]3CCC[C@@H]42)cc1. The van der Waals surface area contributed by atoms with Crippen molar-refractivity contribution < 1.29 is 8.42 Å². The molecule has 0 bridgehead atoms. The van der Waals surface area contributed by atoms with Gasteiger partial charge in [-0.2, -0.15) is 4.31 Å². The quantitative estimate of drug-likeness (QED) is 0.739. The third kappa shape index (κ3) is 2.75. The van der Waals surface area contributed by atoms with Gasteiger partial charge >= 0.3 is 0 Å². The van der Waals surface area contributed by atoms with Crippen LogP contribution in [0.15, 0.2) is 40.9 Å². The Morgan fingerprint density at radius 2 is 1.84 bits per heavy atom. The molecule has 0 spiro atoms. The van der Waals surface area contributed by atoms with Crippen LogP contribution in [0.25, 0.3) is 0 Å². The van der Waals surface area contributed by atoms with E-state index < -0.39 is 18.1 Å². The van der Waals surface area contributed by atoms with Crippen LogP contribution in [0.5, 0.6) is 0 Å². The van der Waals surface area contributed by atoms with E-state index in [9.17, 15) is 8.42 Å². The minimum absolute atomic E-state index is 0.124. The molecule has 1 aromatic rings. The minimum Gasteiger partial charge on any atom is -0.207 e. The molecule has 0 aromatic heterocycles. The van der Waals surface area contributed by atoms with E-state index in [0.29, 0.717) is 23.3 Å². The van der Waals surface area contributed by atoms with Crippen LogP contribution in [0.4, 0.5) is 0 Å². The number of aryl methyl sites for hydroxylation is 1. The van der Waals surface area contributed by atoms with Crippen LogP contribution >= 0.6 is 0 Å². The number of nitrogens with zero attached hydrogens (tertiary/aromatic N) is 1. The predicted octanol–water partition coefficient (Wildman–Crippen LogP) is 4.22. The zero-order valence-electron chi connectivity index (χ0n) is 15.7. The van der Waals surface area contributed by atoms with Gasteiger partial charge in [0.15, 0.2) is 0 Å². The molecule has 4 atom stereocenters. The topological polar surface area (TPSA) is 37.4 Å². The first-order valence-corrected chi connectivity index (χ1v) is 14.5. The molecule has 25 heavy (non-hydrogen) atoms. The summed E-state index contributed by atoms with van der Waals surface area (Å²) in [5.41, 5.74) is 3.65. The highest BCUT2D eigenvalue weighted by atomic mass is 32.2. The van der Waals surface area contributed by atoms with Gasteiger partial charge in [-0.05, 0) is 43.7 Å². The van der Waals surface area contributed by atoms with Crippen molar-refractivity contribution in [3.8, 4) is 0 Å². The first-order chi connectivity index (χ1) is 11.7. The summed E-state index contributed by atoms with van der Waals surface area (Å²) >= 11 is 0. The van der Waals surface area contributed by atoms with Crippen LogP contribution in [-0.4, -0.2) is 33.4 Å². The van der Waals surface area contributed by atoms with Gasteiger partial charge in [-0.3, -0.25) is 0 Å². The zero-order chi connectivity index (χ0) is 18.0. The largest absolute Gasteiger partial charge is 0.243 e. The summed E-state index contributed by atoms with van der Waals surface area (Å²) in [7, 11) is -4.67. The van der Waals surface area contributed by atoms with E-state index in [2.05, 4.69) is 31.4 Å². The number of hydrogen-bond acceptors (Lipinski definition) is 2. The van der Waals surface area contributed by atoms with Crippen LogP contribution in [0, 0.1) is 24.2 Å². The minimum atomic E-state index is -3.39. The van der Waals surface area contributed by atoms with Crippen molar-refractivity contribution >= 4 is 18.1 Å². The Labute approximate surface area is 153 Å². The van der Waals surface area contributed by atoms with Gasteiger partial charge in [0.1, 0.15) is 0 Å². The van der Waals surface area contributed by atoms with Gasteiger partial charge in [0, 0.05) is 18.0 Å². The number of rotatable bonds is 4. The summed E-state index contributed by atoms with van der Waals surface area (Å²) < 4.78 is 28.4. The van der Waals surface area contributed by atoms with Crippen LogP contribution < -0.4 is 0 Å². The summed E-state index contributed by atoms with van der Waals surface area (Å²) in [6, 6.07) is 7.53. The Morgan fingerprint density at radius 1 is 1.16 bits per heavy atom. The van der Waals surface area contributed by atoms with Gasteiger partial charge in [-0.15, -0.1) is 0 Å². The summed E-state index contributed by atoms with van der Waals surface area (Å²) in [6.45, 7) is 9.71. The predicted molar refractivity (Wildman–Crippen MR) is 105 cm³/mol. The van der Waals surface area contributed by atoms with E-state index in [4.69, 9.17) is 0 Å². The van der Waals surface area contributed by atoms with Gasteiger partial charge in [-0.1, -0.05) is 55.5 Å². The van der Waals surface area contributed by atoms with Gasteiger partial charge in [0.05, 0.1) is 13.0 Å². The standard InChI is InChI=1S/C20H29NO2SSi/c1-15-8-10-16(11-9-15)24(22,23)21-14-20(12-13-25(2,3)4)17-6-5-7-18(21)19(17)20/h8-13,17-19H,5-7,14H2,1-4H3/b13-12-/t17-,18+,19?,20-/m1/s1. The van der Waals surface area contributed by atoms with Gasteiger partial charge in [-0.25, -0.2) is 8.42 Å². The van der Waals surface area contributed by atoms with E-state index in [-0.39, 0.29) is 11.5 Å². The molecule has 136 valence electrons. The van der Waals surface area contributed by atoms with Crippen molar-refractivity contribution in [3.05, 3.63) is 41.6 Å². The Balaban J connectivity index is 1.67. The highest BCUT2D eigenvalue weighted by Crippen LogP contribution is 2.72. The lowest BCUT2D eigenvalue weighted by Gasteiger charge is -2.32. The molecule has 0 N–H and O–H groups in total. The fraction of sp³-hybridized carbons (Fsp3) is 0.600. The molecule has 3 nitrogen and oxygen atoms in total. The molecule has 0 radical (unpaired) electrons. The second-order valence-corrected chi connectivity index (χ2v) is 16.3. The Hall–Kier alpha value is -0.913. The highest BCUT2D eigenvalue weighted by molar-refractivity contribution is 7.89. The van der Waals surface area contributed by atoms with Crippen molar-refractivity contribution in [1.29, 1.82) is 0 Å². The molecule has 1 aromatic carbocycles. The molecule has 3 fully saturated rings. The zero-order valence-corrected chi connectivity index (χ0v) is 17.5. The third-order valence-corrected chi connectivity index (χ3v) is 9.44. The maximum Gasteiger partial charge on any atom is 0.243 e. The lowest BCUT2D eigenvalue weighted by molar-refractivity contribution is 0.250. The van der Waals surface area contributed by atoms with Crippen molar-refractivity contribution in [2.24, 2.45) is 17.3 Å². The summed E-state index contributed by atoms with van der Waals surface area (Å²) in [5.74, 6) is 1.26. The first kappa shape index (κ1) is 17.5. The monoisotopic (exact) mass is 375 g/mol. The van der Waals surface area contributed by atoms with E-state index in [1.54, 1.807) is 12.1 Å². The van der Waals surface area contributed by atoms with Crippen molar-refractivity contribution in [2.75, 3.05) is 6.54 Å². The molecule has 2 aliphatic carbocycles. The van der Waals surface area contributed by atoms with Crippen LogP contribution in [-0.2, 0) is 10.0 Å². The molecule has 0 amide bonds. The van der Waals surface area contributed by atoms with Crippen LogP contribution in [0.3, 0.4) is 0 Å². The maximum absolute atomic E-state index is 13.3.